The maximum absolute atomic E-state index is 11.9. The number of nitrogens with zero attached hydrogens (tertiary/aromatic N) is 6. The highest BCUT2D eigenvalue weighted by Gasteiger charge is 2.18. The van der Waals surface area contributed by atoms with Crippen LogP contribution in [0.15, 0.2) is 40.1 Å². The monoisotopic (exact) mass is 524 g/mol. The number of benzene rings is 1. The summed E-state index contributed by atoms with van der Waals surface area (Å²) in [6.45, 7) is 4.15. The van der Waals surface area contributed by atoms with Gasteiger partial charge in [0.2, 0.25) is 0 Å². The van der Waals surface area contributed by atoms with E-state index in [1.165, 1.54) is 13.0 Å². The second-order valence-corrected chi connectivity index (χ2v) is 8.32. The SMILES string of the molecule is CCOC(=O)/C(C#N)=C/c1sc(N=Nc2ccc(N(CCC#N)CCOC(C)=O)cc2)c(C#N)c1Cl. The predicted molar refractivity (Wildman–Crippen MR) is 134 cm³/mol. The summed E-state index contributed by atoms with van der Waals surface area (Å²) in [5.41, 5.74) is 1.12. The Morgan fingerprint density at radius 2 is 1.86 bits per heavy atom. The van der Waals surface area contributed by atoms with Gasteiger partial charge in [0, 0.05) is 19.2 Å². The number of anilines is 1. The first-order valence-electron chi connectivity index (χ1n) is 10.6. The molecule has 0 radical (unpaired) electrons. The van der Waals surface area contributed by atoms with Gasteiger partial charge in [-0.15, -0.1) is 21.6 Å². The zero-order valence-electron chi connectivity index (χ0n) is 19.5. The molecule has 0 atom stereocenters. The molecule has 0 saturated heterocycles. The third-order valence-corrected chi connectivity index (χ3v) is 6.02. The van der Waals surface area contributed by atoms with Crippen molar-refractivity contribution in [1.82, 2.24) is 0 Å². The molecule has 1 aromatic carbocycles. The van der Waals surface area contributed by atoms with Gasteiger partial charge in [0.15, 0.2) is 5.00 Å². The lowest BCUT2D eigenvalue weighted by Gasteiger charge is -2.23. The smallest absolute Gasteiger partial charge is 0.348 e. The molecule has 0 fully saturated rings. The van der Waals surface area contributed by atoms with E-state index in [-0.39, 0.29) is 40.3 Å². The number of thiophene rings is 1. The molecule has 0 unspecified atom stereocenters. The van der Waals surface area contributed by atoms with E-state index in [9.17, 15) is 20.1 Å². The highest BCUT2D eigenvalue weighted by atomic mass is 35.5. The number of esters is 2. The number of nitriles is 3. The maximum Gasteiger partial charge on any atom is 0.348 e. The first-order valence-corrected chi connectivity index (χ1v) is 11.8. The summed E-state index contributed by atoms with van der Waals surface area (Å²) in [5.74, 6) is -1.16. The van der Waals surface area contributed by atoms with Gasteiger partial charge in [-0.3, -0.25) is 4.79 Å². The van der Waals surface area contributed by atoms with Gasteiger partial charge in [-0.25, -0.2) is 4.79 Å². The number of halogens is 1. The molecule has 12 heteroatoms. The molecule has 0 amide bonds. The molecule has 0 aliphatic carbocycles. The van der Waals surface area contributed by atoms with E-state index in [0.29, 0.717) is 30.1 Å². The zero-order valence-corrected chi connectivity index (χ0v) is 21.1. The second-order valence-electron chi connectivity index (χ2n) is 6.91. The zero-order chi connectivity index (χ0) is 26.5. The largest absolute Gasteiger partial charge is 0.464 e. The molecule has 36 heavy (non-hydrogen) atoms. The summed E-state index contributed by atoms with van der Waals surface area (Å²) in [6, 6.07) is 12.8. The van der Waals surface area contributed by atoms with Crippen molar-refractivity contribution in [3.63, 3.8) is 0 Å². The lowest BCUT2D eigenvalue weighted by atomic mass is 10.2. The van der Waals surface area contributed by atoms with E-state index in [0.717, 1.165) is 17.0 Å². The first-order chi connectivity index (χ1) is 17.3. The van der Waals surface area contributed by atoms with E-state index in [4.69, 9.17) is 26.3 Å². The Morgan fingerprint density at radius 1 is 1.14 bits per heavy atom. The molecule has 0 saturated carbocycles. The highest BCUT2D eigenvalue weighted by Crippen LogP contribution is 2.40. The minimum absolute atomic E-state index is 0.0600. The van der Waals surface area contributed by atoms with Crippen LogP contribution in [0.1, 0.15) is 30.7 Å². The van der Waals surface area contributed by atoms with Crippen LogP contribution in [0.2, 0.25) is 5.02 Å². The summed E-state index contributed by atoms with van der Waals surface area (Å²) in [7, 11) is 0. The van der Waals surface area contributed by atoms with E-state index in [1.54, 1.807) is 37.3 Å². The number of rotatable bonds is 11. The third kappa shape index (κ3) is 7.92. The molecule has 0 spiro atoms. The van der Waals surface area contributed by atoms with Crippen LogP contribution in [-0.4, -0.2) is 38.2 Å². The first kappa shape index (κ1) is 28.0. The van der Waals surface area contributed by atoms with Gasteiger partial charge in [-0.2, -0.15) is 15.8 Å². The molecule has 0 bridgehead atoms. The summed E-state index contributed by atoms with van der Waals surface area (Å²) in [5, 5.41) is 36.2. The topological polar surface area (TPSA) is 152 Å². The molecule has 0 N–H and O–H groups in total. The van der Waals surface area contributed by atoms with Crippen molar-refractivity contribution in [2.75, 3.05) is 31.2 Å². The highest BCUT2D eigenvalue weighted by molar-refractivity contribution is 7.17. The lowest BCUT2D eigenvalue weighted by Crippen LogP contribution is -2.28. The van der Waals surface area contributed by atoms with Crippen molar-refractivity contribution < 1.29 is 19.1 Å². The van der Waals surface area contributed by atoms with Crippen molar-refractivity contribution in [1.29, 1.82) is 15.8 Å². The average Bonchev–Trinajstić information content (AvgIpc) is 3.17. The molecule has 0 aliphatic heterocycles. The number of hydrogen-bond donors (Lipinski definition) is 0. The van der Waals surface area contributed by atoms with Crippen LogP contribution in [0.5, 0.6) is 0 Å². The fraction of sp³-hybridized carbons (Fsp3) is 0.292. The van der Waals surface area contributed by atoms with Gasteiger partial charge in [0.25, 0.3) is 0 Å². The predicted octanol–water partition coefficient (Wildman–Crippen LogP) is 5.44. The van der Waals surface area contributed by atoms with Crippen molar-refractivity contribution in [3.8, 4) is 18.2 Å². The molecule has 184 valence electrons. The molecule has 1 heterocycles. The van der Waals surface area contributed by atoms with Crippen LogP contribution in [0, 0.1) is 34.0 Å². The van der Waals surface area contributed by atoms with Gasteiger partial charge in [-0.05, 0) is 37.3 Å². The fourth-order valence-electron chi connectivity index (χ4n) is 2.84. The quantitative estimate of drug-likeness (QED) is 0.163. The summed E-state index contributed by atoms with van der Waals surface area (Å²) < 4.78 is 9.83. The Balaban J connectivity index is 2.25. The molecular weight excluding hydrogens is 504 g/mol. The van der Waals surface area contributed by atoms with Gasteiger partial charge < -0.3 is 14.4 Å². The fourth-order valence-corrected chi connectivity index (χ4v) is 4.11. The van der Waals surface area contributed by atoms with Gasteiger partial charge >= 0.3 is 11.9 Å². The van der Waals surface area contributed by atoms with E-state index >= 15 is 0 Å². The maximum atomic E-state index is 11.9. The van der Waals surface area contributed by atoms with Crippen LogP contribution >= 0.6 is 22.9 Å². The standard InChI is InChI=1S/C24H21ClN6O4S/c1-3-34-24(33)17(14-27)13-21-22(25)20(15-28)23(36-21)30-29-18-5-7-19(8-6-18)31(10-4-9-26)11-12-35-16(2)32/h5-8,13H,3-4,10-12H2,1-2H3/b17-13+,30-29?. The Bertz CT molecular complexity index is 1280. The molecule has 0 aliphatic rings. The van der Waals surface area contributed by atoms with Crippen LogP contribution in [-0.2, 0) is 19.1 Å². The minimum atomic E-state index is -0.789. The Kier molecular flexibility index (Phi) is 11.1. The van der Waals surface area contributed by atoms with E-state index < -0.39 is 5.97 Å². The summed E-state index contributed by atoms with van der Waals surface area (Å²) in [6.07, 6.45) is 1.56. The molecule has 1 aromatic heterocycles. The number of hydrogen-bond acceptors (Lipinski definition) is 11. The van der Waals surface area contributed by atoms with Gasteiger partial charge in [0.05, 0.1) is 41.2 Å². The van der Waals surface area contributed by atoms with Crippen molar-refractivity contribution in [3.05, 3.63) is 45.3 Å². The van der Waals surface area contributed by atoms with E-state index in [2.05, 4.69) is 16.3 Å². The van der Waals surface area contributed by atoms with Crippen molar-refractivity contribution >= 4 is 57.3 Å². The Labute approximate surface area is 217 Å². The van der Waals surface area contributed by atoms with Crippen molar-refractivity contribution in [2.45, 2.75) is 20.3 Å². The number of azo groups is 1. The molecule has 10 nitrogen and oxygen atoms in total. The average molecular weight is 525 g/mol. The van der Waals surface area contributed by atoms with Crippen LogP contribution in [0.25, 0.3) is 6.08 Å². The van der Waals surface area contributed by atoms with Gasteiger partial charge in [0.1, 0.15) is 29.9 Å². The normalized spacial score (nSPS) is 10.8. The minimum Gasteiger partial charge on any atom is -0.464 e. The van der Waals surface area contributed by atoms with Crippen LogP contribution < -0.4 is 4.90 Å². The van der Waals surface area contributed by atoms with Crippen molar-refractivity contribution in [2.24, 2.45) is 10.2 Å². The summed E-state index contributed by atoms with van der Waals surface area (Å²) in [4.78, 5) is 25.1. The Hall–Kier alpha value is -4.24. The lowest BCUT2D eigenvalue weighted by molar-refractivity contribution is -0.140. The van der Waals surface area contributed by atoms with Crippen LogP contribution in [0.3, 0.4) is 0 Å². The van der Waals surface area contributed by atoms with Crippen LogP contribution in [0.4, 0.5) is 16.4 Å². The second kappa shape index (κ2) is 14.2. The summed E-state index contributed by atoms with van der Waals surface area (Å²) >= 11 is 7.28. The number of ether oxygens (including phenoxy) is 2. The number of carbonyl (C=O) groups is 2. The molecule has 2 aromatic rings. The van der Waals surface area contributed by atoms with E-state index in [1.807, 2.05) is 11.0 Å². The third-order valence-electron chi connectivity index (χ3n) is 4.49. The Morgan fingerprint density at radius 3 is 2.44 bits per heavy atom. The molecular formula is C24H21ClN6O4S. The molecule has 2 rings (SSSR count). The van der Waals surface area contributed by atoms with Gasteiger partial charge in [-0.1, -0.05) is 11.6 Å². The number of carbonyl (C=O) groups excluding carboxylic acids is 2.